The van der Waals surface area contributed by atoms with Crippen molar-refractivity contribution in [2.24, 2.45) is 11.3 Å². The minimum Gasteiger partial charge on any atom is -0.390 e. The highest BCUT2D eigenvalue weighted by atomic mass is 35.5. The average Bonchev–Trinajstić information content (AvgIpc) is 2.90. The largest absolute Gasteiger partial charge is 0.390 e. The van der Waals surface area contributed by atoms with Gasteiger partial charge in [-0.15, -0.1) is 11.6 Å². The molecule has 0 aliphatic carbocycles. The van der Waals surface area contributed by atoms with E-state index in [2.05, 4.69) is 10.6 Å². The van der Waals surface area contributed by atoms with Crippen LogP contribution in [0, 0.1) is 21.4 Å². The highest BCUT2D eigenvalue weighted by molar-refractivity contribution is 7.89. The molecular weight excluding hydrogens is 572 g/mol. The van der Waals surface area contributed by atoms with Gasteiger partial charge in [-0.05, 0) is 35.4 Å². The van der Waals surface area contributed by atoms with E-state index < -0.39 is 50.4 Å². The first-order chi connectivity index (χ1) is 19.1. The van der Waals surface area contributed by atoms with Crippen LogP contribution >= 0.6 is 11.6 Å². The van der Waals surface area contributed by atoms with Gasteiger partial charge in [0.1, 0.15) is 11.9 Å². The normalized spacial score (nSPS) is 14.4. The van der Waals surface area contributed by atoms with E-state index >= 15 is 0 Å². The molecule has 226 valence electrons. The Labute approximate surface area is 246 Å². The number of amides is 2. The van der Waals surface area contributed by atoms with Crippen molar-refractivity contribution in [2.45, 2.75) is 64.1 Å². The van der Waals surface area contributed by atoms with Gasteiger partial charge in [-0.1, -0.05) is 65.0 Å². The molecule has 0 aliphatic rings. The molecule has 3 N–H and O–H groups in total. The summed E-state index contributed by atoms with van der Waals surface area (Å²) in [7, 11) is -4.16. The maximum absolute atomic E-state index is 13.6. The predicted molar refractivity (Wildman–Crippen MR) is 157 cm³/mol. The Bertz CT molecular complexity index is 1280. The number of carbonyl (C=O) groups excluding carboxylic acids is 2. The number of benzene rings is 2. The van der Waals surface area contributed by atoms with Crippen molar-refractivity contribution in [3.05, 3.63) is 70.3 Å². The Morgan fingerprint density at radius 2 is 1.61 bits per heavy atom. The highest BCUT2D eigenvalue weighted by Crippen LogP contribution is 2.23. The molecule has 0 aliphatic heterocycles. The maximum atomic E-state index is 13.6. The third-order valence-corrected chi connectivity index (χ3v) is 8.38. The second kappa shape index (κ2) is 14.7. The fourth-order valence-corrected chi connectivity index (χ4v) is 5.89. The van der Waals surface area contributed by atoms with Gasteiger partial charge in [-0.3, -0.25) is 19.7 Å². The van der Waals surface area contributed by atoms with Crippen LogP contribution in [0.25, 0.3) is 0 Å². The molecule has 0 aromatic heterocycles. The standard InChI is InChI=1S/C28H39ClN4O7S/c1-19(2)17-32(41(39,40)22-13-11-21(12-14-22)33(37)38)18-24(34)23(15-20-9-7-6-8-10-20)30-27(36)26(28(3,4)5)31-25(35)16-29/h6-14,19,23-24,26,34H,15-18H2,1-5H3,(H,30,36)(H,31,35)/t23-,24?,26+/m0/s1. The van der Waals surface area contributed by atoms with Crippen LogP contribution in [0.15, 0.2) is 59.5 Å². The first-order valence-corrected chi connectivity index (χ1v) is 15.2. The van der Waals surface area contributed by atoms with Gasteiger partial charge in [0.15, 0.2) is 0 Å². The molecule has 2 rings (SSSR count). The number of nitro benzene ring substituents is 1. The Hall–Kier alpha value is -3.06. The van der Waals surface area contributed by atoms with E-state index in [4.69, 9.17) is 11.6 Å². The van der Waals surface area contributed by atoms with Crippen LogP contribution in [-0.2, 0) is 26.0 Å². The van der Waals surface area contributed by atoms with Crippen LogP contribution in [0.4, 0.5) is 5.69 Å². The topological polar surface area (TPSA) is 159 Å². The molecule has 0 saturated heterocycles. The third kappa shape index (κ3) is 10.1. The van der Waals surface area contributed by atoms with Gasteiger partial charge in [-0.2, -0.15) is 4.31 Å². The molecule has 3 atom stereocenters. The van der Waals surface area contributed by atoms with Gasteiger partial charge in [0.25, 0.3) is 5.69 Å². The quantitative estimate of drug-likeness (QED) is 0.168. The summed E-state index contributed by atoms with van der Waals surface area (Å²) in [5.41, 5.74) is -0.154. The van der Waals surface area contributed by atoms with Crippen molar-refractivity contribution >= 4 is 39.1 Å². The van der Waals surface area contributed by atoms with E-state index in [0.717, 1.165) is 34.1 Å². The summed E-state index contributed by atoms with van der Waals surface area (Å²) in [6.45, 7) is 8.66. The van der Waals surface area contributed by atoms with Crippen LogP contribution in [0.2, 0.25) is 0 Å². The molecule has 0 spiro atoms. The van der Waals surface area contributed by atoms with Crippen molar-refractivity contribution in [2.75, 3.05) is 19.0 Å². The number of non-ortho nitro benzene ring substituents is 1. The number of nitrogens with zero attached hydrogens (tertiary/aromatic N) is 2. The molecule has 0 saturated carbocycles. The van der Waals surface area contributed by atoms with E-state index in [-0.39, 0.29) is 41.9 Å². The molecular formula is C28H39ClN4O7S. The molecule has 0 fully saturated rings. The van der Waals surface area contributed by atoms with Gasteiger partial charge in [0.05, 0.1) is 22.0 Å². The van der Waals surface area contributed by atoms with Crippen molar-refractivity contribution in [3.8, 4) is 0 Å². The zero-order valence-corrected chi connectivity index (χ0v) is 25.5. The molecule has 2 aromatic carbocycles. The Morgan fingerprint density at radius 1 is 1.02 bits per heavy atom. The fourth-order valence-electron chi connectivity index (χ4n) is 4.20. The number of carbonyl (C=O) groups is 2. The summed E-state index contributed by atoms with van der Waals surface area (Å²) < 4.78 is 28.3. The van der Waals surface area contributed by atoms with Crippen LogP contribution in [0.3, 0.4) is 0 Å². The highest BCUT2D eigenvalue weighted by Gasteiger charge is 2.36. The predicted octanol–water partition coefficient (Wildman–Crippen LogP) is 3.10. The van der Waals surface area contributed by atoms with Crippen molar-refractivity contribution in [1.29, 1.82) is 0 Å². The molecule has 2 aromatic rings. The molecule has 0 heterocycles. The molecule has 11 nitrogen and oxygen atoms in total. The summed E-state index contributed by atoms with van der Waals surface area (Å²) in [5.74, 6) is -1.53. The number of nitro groups is 1. The number of aliphatic hydroxyl groups excluding tert-OH is 1. The number of halogens is 1. The molecule has 0 radical (unpaired) electrons. The molecule has 13 heteroatoms. The lowest BCUT2D eigenvalue weighted by molar-refractivity contribution is -0.384. The number of rotatable bonds is 14. The van der Waals surface area contributed by atoms with E-state index in [1.165, 1.54) is 0 Å². The van der Waals surface area contributed by atoms with Crippen LogP contribution < -0.4 is 10.6 Å². The van der Waals surface area contributed by atoms with Gasteiger partial charge in [-0.25, -0.2) is 8.42 Å². The minimum absolute atomic E-state index is 0.0543. The third-order valence-electron chi connectivity index (χ3n) is 6.29. The zero-order chi connectivity index (χ0) is 31.0. The lowest BCUT2D eigenvalue weighted by Gasteiger charge is -2.34. The Kier molecular flexibility index (Phi) is 12.3. The van der Waals surface area contributed by atoms with E-state index in [1.54, 1.807) is 20.8 Å². The number of hydrogen-bond donors (Lipinski definition) is 3. The van der Waals surface area contributed by atoms with Crippen LogP contribution in [0.5, 0.6) is 0 Å². The number of sulfonamides is 1. The summed E-state index contributed by atoms with van der Waals surface area (Å²) >= 11 is 5.65. The smallest absolute Gasteiger partial charge is 0.269 e. The Balaban J connectivity index is 2.42. The lowest BCUT2D eigenvalue weighted by Crippen LogP contribution is -2.59. The van der Waals surface area contributed by atoms with Crippen LogP contribution in [-0.4, -0.2) is 71.7 Å². The second-order valence-electron chi connectivity index (χ2n) is 11.3. The van der Waals surface area contributed by atoms with E-state index in [9.17, 15) is 33.2 Å². The van der Waals surface area contributed by atoms with E-state index in [0.29, 0.717) is 0 Å². The lowest BCUT2D eigenvalue weighted by atomic mass is 9.85. The fraction of sp³-hybridized carbons (Fsp3) is 0.500. The van der Waals surface area contributed by atoms with Crippen molar-refractivity contribution < 1.29 is 28.0 Å². The summed E-state index contributed by atoms with van der Waals surface area (Å²) in [6, 6.07) is 11.7. The molecule has 41 heavy (non-hydrogen) atoms. The first kappa shape index (κ1) is 34.1. The van der Waals surface area contributed by atoms with Crippen LogP contribution in [0.1, 0.15) is 40.2 Å². The summed E-state index contributed by atoms with van der Waals surface area (Å²) in [5, 5.41) is 27.9. The average molecular weight is 611 g/mol. The SMILES string of the molecule is CC(C)CN(CC(O)[C@H](Cc1ccccc1)NC(=O)[C@@H](NC(=O)CCl)C(C)(C)C)S(=O)(=O)c1ccc([N+](=O)[O-])cc1. The van der Waals surface area contributed by atoms with Gasteiger partial charge in [0.2, 0.25) is 21.8 Å². The number of nitrogens with one attached hydrogen (secondary N) is 2. The minimum atomic E-state index is -4.16. The zero-order valence-electron chi connectivity index (χ0n) is 23.9. The summed E-state index contributed by atoms with van der Waals surface area (Å²) in [6.07, 6.45) is -1.17. The molecule has 1 unspecified atom stereocenters. The Morgan fingerprint density at radius 3 is 2.10 bits per heavy atom. The monoisotopic (exact) mass is 610 g/mol. The number of aliphatic hydroxyl groups is 1. The molecule has 0 bridgehead atoms. The first-order valence-electron chi connectivity index (χ1n) is 13.2. The van der Waals surface area contributed by atoms with Crippen molar-refractivity contribution in [1.82, 2.24) is 14.9 Å². The second-order valence-corrected chi connectivity index (χ2v) is 13.5. The van der Waals surface area contributed by atoms with E-state index in [1.807, 2.05) is 44.2 Å². The van der Waals surface area contributed by atoms with Gasteiger partial charge >= 0.3 is 0 Å². The maximum Gasteiger partial charge on any atom is 0.269 e. The number of hydrogen-bond acceptors (Lipinski definition) is 7. The van der Waals surface area contributed by atoms with Crippen molar-refractivity contribution in [3.63, 3.8) is 0 Å². The number of alkyl halides is 1. The van der Waals surface area contributed by atoms with Gasteiger partial charge in [0, 0.05) is 25.2 Å². The van der Waals surface area contributed by atoms with Gasteiger partial charge < -0.3 is 15.7 Å². The molecule has 2 amide bonds. The summed E-state index contributed by atoms with van der Waals surface area (Å²) in [4.78, 5) is 35.8.